The van der Waals surface area contributed by atoms with E-state index in [4.69, 9.17) is 0 Å². The zero-order valence-corrected chi connectivity index (χ0v) is 6.36. The van der Waals surface area contributed by atoms with Crippen LogP contribution in [0.25, 0.3) is 0 Å². The van der Waals surface area contributed by atoms with Gasteiger partial charge in [-0.25, -0.2) is 0 Å². The molecular formula is C8H12S. The summed E-state index contributed by atoms with van der Waals surface area (Å²) in [5.74, 6) is 5.02. The van der Waals surface area contributed by atoms with Crippen molar-refractivity contribution in [1.82, 2.24) is 0 Å². The molecule has 0 aromatic carbocycles. The summed E-state index contributed by atoms with van der Waals surface area (Å²) in [6, 6.07) is 0. The third kappa shape index (κ3) is 0.524. The topological polar surface area (TPSA) is 0 Å². The van der Waals surface area contributed by atoms with Gasteiger partial charge in [-0.05, 0) is 42.8 Å². The van der Waals surface area contributed by atoms with Gasteiger partial charge in [0.1, 0.15) is 0 Å². The Morgan fingerprint density at radius 3 is 2.78 bits per heavy atom. The highest BCUT2D eigenvalue weighted by Crippen LogP contribution is 2.58. The van der Waals surface area contributed by atoms with Crippen LogP contribution in [0.15, 0.2) is 0 Å². The Labute approximate surface area is 60.4 Å². The quantitative estimate of drug-likeness (QED) is 0.497. The summed E-state index contributed by atoms with van der Waals surface area (Å²) >= 11 is 2.26. The van der Waals surface area contributed by atoms with Crippen molar-refractivity contribution in [3.05, 3.63) is 0 Å². The lowest BCUT2D eigenvalue weighted by molar-refractivity contribution is 0.398. The highest BCUT2D eigenvalue weighted by Gasteiger charge is 2.50. The van der Waals surface area contributed by atoms with E-state index in [1.165, 1.54) is 23.5 Å². The molecule has 2 bridgehead atoms. The van der Waals surface area contributed by atoms with E-state index in [0.717, 1.165) is 5.25 Å². The lowest BCUT2D eigenvalue weighted by atomic mass is 9.91. The van der Waals surface area contributed by atoms with E-state index >= 15 is 0 Å². The molecule has 2 saturated carbocycles. The number of rotatable bonds is 0. The molecule has 0 aromatic heterocycles. The summed E-state index contributed by atoms with van der Waals surface area (Å²) in [5, 5.41) is 1.12. The highest BCUT2D eigenvalue weighted by molar-refractivity contribution is 8.00. The zero-order chi connectivity index (χ0) is 5.84. The molecule has 0 N–H and O–H groups in total. The molecule has 9 heavy (non-hydrogen) atoms. The van der Waals surface area contributed by atoms with Gasteiger partial charge < -0.3 is 0 Å². The fraction of sp³-hybridized carbons (Fsp3) is 1.00. The molecule has 2 aliphatic carbocycles. The summed E-state index contributed by atoms with van der Waals surface area (Å²) in [5.41, 5.74) is 0. The van der Waals surface area contributed by atoms with Crippen LogP contribution in [-0.2, 0) is 0 Å². The van der Waals surface area contributed by atoms with Crippen LogP contribution < -0.4 is 0 Å². The summed E-state index contributed by atoms with van der Waals surface area (Å²) in [4.78, 5) is 0. The molecule has 4 atom stereocenters. The predicted octanol–water partition coefficient (Wildman–Crippen LogP) is 2.15. The Morgan fingerprint density at radius 2 is 2.11 bits per heavy atom. The molecule has 1 heteroatoms. The predicted molar refractivity (Wildman–Crippen MR) is 40.6 cm³/mol. The molecular weight excluding hydrogens is 128 g/mol. The third-order valence-electron chi connectivity index (χ3n) is 3.41. The smallest absolute Gasteiger partial charge is 0.00811 e. The molecule has 0 spiro atoms. The van der Waals surface area contributed by atoms with Crippen LogP contribution in [-0.4, -0.2) is 11.0 Å². The summed E-state index contributed by atoms with van der Waals surface area (Å²) in [6.07, 6.45) is 4.77. The molecule has 3 rings (SSSR count). The molecule has 0 aromatic rings. The molecule has 0 radical (unpaired) electrons. The van der Waals surface area contributed by atoms with Crippen LogP contribution in [0.5, 0.6) is 0 Å². The standard InChI is InChI=1S/C8H12S/c1-5-2-7-6(1)4-9-8(7)3-5/h5-8H,1-4H2. The first-order valence-electron chi connectivity index (χ1n) is 4.05. The van der Waals surface area contributed by atoms with Gasteiger partial charge in [0.15, 0.2) is 0 Å². The summed E-state index contributed by atoms with van der Waals surface area (Å²) in [7, 11) is 0. The van der Waals surface area contributed by atoms with Crippen molar-refractivity contribution in [2.45, 2.75) is 24.5 Å². The molecule has 0 nitrogen and oxygen atoms in total. The summed E-state index contributed by atoms with van der Waals surface area (Å²) < 4.78 is 0. The average molecular weight is 140 g/mol. The van der Waals surface area contributed by atoms with Crippen LogP contribution in [0.3, 0.4) is 0 Å². The van der Waals surface area contributed by atoms with E-state index in [1.807, 2.05) is 0 Å². The first-order chi connectivity index (χ1) is 4.43. The van der Waals surface area contributed by atoms with Crippen LogP contribution in [0.4, 0.5) is 0 Å². The SMILES string of the molecule is C1SC2CC3CC1C2C3. The molecule has 3 fully saturated rings. The minimum Gasteiger partial charge on any atom is -0.158 e. The first-order valence-corrected chi connectivity index (χ1v) is 5.10. The van der Waals surface area contributed by atoms with Gasteiger partial charge in [0.2, 0.25) is 0 Å². The van der Waals surface area contributed by atoms with Crippen molar-refractivity contribution in [1.29, 1.82) is 0 Å². The molecule has 0 amide bonds. The van der Waals surface area contributed by atoms with Crippen LogP contribution >= 0.6 is 11.8 Å². The number of hydrogen-bond donors (Lipinski definition) is 0. The fourth-order valence-electron chi connectivity index (χ4n) is 3.06. The second-order valence-corrected chi connectivity index (χ2v) is 5.14. The van der Waals surface area contributed by atoms with Crippen LogP contribution in [0.1, 0.15) is 19.3 Å². The van der Waals surface area contributed by atoms with Gasteiger partial charge in [0, 0.05) is 5.25 Å². The van der Waals surface area contributed by atoms with Gasteiger partial charge in [0.25, 0.3) is 0 Å². The third-order valence-corrected chi connectivity index (χ3v) is 5.01. The Balaban J connectivity index is 2.02. The van der Waals surface area contributed by atoms with Crippen molar-refractivity contribution in [2.75, 3.05) is 5.75 Å². The van der Waals surface area contributed by atoms with Crippen molar-refractivity contribution >= 4 is 11.8 Å². The largest absolute Gasteiger partial charge is 0.158 e. The van der Waals surface area contributed by atoms with Crippen molar-refractivity contribution in [2.24, 2.45) is 17.8 Å². The van der Waals surface area contributed by atoms with Gasteiger partial charge >= 0.3 is 0 Å². The Bertz CT molecular complexity index is 127. The van der Waals surface area contributed by atoms with E-state index in [-0.39, 0.29) is 0 Å². The van der Waals surface area contributed by atoms with Crippen molar-refractivity contribution in [3.63, 3.8) is 0 Å². The molecule has 50 valence electrons. The van der Waals surface area contributed by atoms with Gasteiger partial charge in [-0.3, -0.25) is 0 Å². The molecule has 3 aliphatic rings. The maximum absolute atomic E-state index is 2.26. The fourth-order valence-corrected chi connectivity index (χ4v) is 4.92. The highest BCUT2D eigenvalue weighted by atomic mass is 32.2. The first kappa shape index (κ1) is 5.06. The van der Waals surface area contributed by atoms with E-state index in [0.29, 0.717) is 0 Å². The maximum atomic E-state index is 2.26. The monoisotopic (exact) mass is 140 g/mol. The van der Waals surface area contributed by atoms with E-state index < -0.39 is 0 Å². The van der Waals surface area contributed by atoms with E-state index in [1.54, 1.807) is 19.3 Å². The average Bonchev–Trinajstić information content (AvgIpc) is 2.35. The minimum absolute atomic E-state index is 1.12. The minimum atomic E-state index is 1.12. The number of fused-ring (bicyclic) bond motifs is 1. The second kappa shape index (κ2) is 1.50. The zero-order valence-electron chi connectivity index (χ0n) is 5.55. The molecule has 1 aliphatic heterocycles. The van der Waals surface area contributed by atoms with Gasteiger partial charge in [-0.2, -0.15) is 11.8 Å². The Morgan fingerprint density at radius 1 is 1.11 bits per heavy atom. The molecule has 1 heterocycles. The number of hydrogen-bond acceptors (Lipinski definition) is 1. The Hall–Kier alpha value is 0.350. The normalized spacial score (nSPS) is 61.3. The van der Waals surface area contributed by atoms with Gasteiger partial charge in [0.05, 0.1) is 0 Å². The second-order valence-electron chi connectivity index (χ2n) is 3.87. The van der Waals surface area contributed by atoms with Gasteiger partial charge in [-0.15, -0.1) is 0 Å². The van der Waals surface area contributed by atoms with Crippen LogP contribution in [0, 0.1) is 17.8 Å². The lowest BCUT2D eigenvalue weighted by Crippen LogP contribution is -2.13. The lowest BCUT2D eigenvalue weighted by Gasteiger charge is -2.15. The molecule has 4 unspecified atom stereocenters. The van der Waals surface area contributed by atoms with Gasteiger partial charge in [-0.1, -0.05) is 0 Å². The summed E-state index contributed by atoms with van der Waals surface area (Å²) in [6.45, 7) is 0. The van der Waals surface area contributed by atoms with Crippen molar-refractivity contribution < 1.29 is 0 Å². The maximum Gasteiger partial charge on any atom is 0.00811 e. The van der Waals surface area contributed by atoms with Crippen LogP contribution in [0.2, 0.25) is 0 Å². The number of thioether (sulfide) groups is 1. The van der Waals surface area contributed by atoms with E-state index in [9.17, 15) is 0 Å². The Kier molecular flexibility index (Phi) is 0.843. The van der Waals surface area contributed by atoms with E-state index in [2.05, 4.69) is 11.8 Å². The molecule has 1 saturated heterocycles. The van der Waals surface area contributed by atoms with Crippen molar-refractivity contribution in [3.8, 4) is 0 Å².